The van der Waals surface area contributed by atoms with E-state index in [2.05, 4.69) is 47.3 Å². The third kappa shape index (κ3) is 5.86. The average molecular weight is 431 g/mol. The fourth-order valence-electron chi connectivity index (χ4n) is 3.05. The van der Waals surface area contributed by atoms with Crippen molar-refractivity contribution in [2.45, 2.75) is 33.1 Å². The van der Waals surface area contributed by atoms with Crippen LogP contribution in [0.2, 0.25) is 0 Å². The van der Waals surface area contributed by atoms with E-state index in [0.717, 1.165) is 43.7 Å². The van der Waals surface area contributed by atoms with Gasteiger partial charge < -0.3 is 15.0 Å². The minimum atomic E-state index is 0. The fraction of sp³-hybridized carbons (Fsp3) is 0.611. The number of likely N-dealkylation sites (tertiary alicyclic amines) is 1. The molecule has 0 aliphatic carbocycles. The van der Waals surface area contributed by atoms with Crippen LogP contribution in [0.5, 0.6) is 5.75 Å². The van der Waals surface area contributed by atoms with Crippen LogP contribution in [0.3, 0.4) is 0 Å². The van der Waals surface area contributed by atoms with E-state index in [-0.39, 0.29) is 24.0 Å². The number of hydrogen-bond acceptors (Lipinski definition) is 2. The molecule has 1 saturated heterocycles. The Morgan fingerprint density at radius 2 is 2.22 bits per heavy atom. The van der Waals surface area contributed by atoms with Crippen LogP contribution in [0.4, 0.5) is 0 Å². The Morgan fingerprint density at radius 3 is 2.87 bits per heavy atom. The van der Waals surface area contributed by atoms with Crippen molar-refractivity contribution in [1.82, 2.24) is 10.2 Å². The van der Waals surface area contributed by atoms with Gasteiger partial charge in [-0.25, -0.2) is 0 Å². The van der Waals surface area contributed by atoms with Gasteiger partial charge in [0.15, 0.2) is 5.96 Å². The van der Waals surface area contributed by atoms with E-state index in [0.29, 0.717) is 0 Å². The first-order valence-electron chi connectivity index (χ1n) is 8.23. The summed E-state index contributed by atoms with van der Waals surface area (Å²) >= 11 is 0. The normalized spacial score (nSPS) is 18.3. The summed E-state index contributed by atoms with van der Waals surface area (Å²) < 4.78 is 5.39. The van der Waals surface area contributed by atoms with Gasteiger partial charge in [-0.3, -0.25) is 4.99 Å². The van der Waals surface area contributed by atoms with Gasteiger partial charge in [-0.2, -0.15) is 0 Å². The van der Waals surface area contributed by atoms with Crippen LogP contribution >= 0.6 is 24.0 Å². The SMILES string of the molecule is CN=C(NCCc1ccc(C)c(OC)c1)N1CCCC(C)C1.I. The number of nitrogens with zero attached hydrogens (tertiary/aromatic N) is 2. The second-order valence-corrected chi connectivity index (χ2v) is 6.22. The summed E-state index contributed by atoms with van der Waals surface area (Å²) in [5.41, 5.74) is 2.47. The molecule has 0 aromatic heterocycles. The Bertz CT molecular complexity index is 519. The molecule has 1 aromatic rings. The number of benzene rings is 1. The van der Waals surface area contributed by atoms with Crippen molar-refractivity contribution in [2.24, 2.45) is 10.9 Å². The van der Waals surface area contributed by atoms with E-state index >= 15 is 0 Å². The molecule has 4 nitrogen and oxygen atoms in total. The van der Waals surface area contributed by atoms with Crippen molar-refractivity contribution in [2.75, 3.05) is 33.8 Å². The van der Waals surface area contributed by atoms with Crippen molar-refractivity contribution in [3.8, 4) is 5.75 Å². The zero-order valence-electron chi connectivity index (χ0n) is 14.8. The van der Waals surface area contributed by atoms with Gasteiger partial charge in [0.1, 0.15) is 5.75 Å². The van der Waals surface area contributed by atoms with Crippen molar-refractivity contribution in [1.29, 1.82) is 0 Å². The summed E-state index contributed by atoms with van der Waals surface area (Å²) in [7, 11) is 3.60. The van der Waals surface area contributed by atoms with Gasteiger partial charge >= 0.3 is 0 Å². The zero-order chi connectivity index (χ0) is 15.9. The van der Waals surface area contributed by atoms with E-state index in [1.807, 2.05) is 7.05 Å². The second-order valence-electron chi connectivity index (χ2n) is 6.22. The van der Waals surface area contributed by atoms with Gasteiger partial charge in [0.25, 0.3) is 0 Å². The van der Waals surface area contributed by atoms with Crippen molar-refractivity contribution in [3.63, 3.8) is 0 Å². The molecule has 23 heavy (non-hydrogen) atoms. The molecule has 1 atom stereocenters. The minimum absolute atomic E-state index is 0. The number of rotatable bonds is 4. The standard InChI is InChI=1S/C18H29N3O.HI/c1-14-6-5-11-21(13-14)18(19-3)20-10-9-16-8-7-15(2)17(12-16)22-4;/h7-8,12,14H,5-6,9-11,13H2,1-4H3,(H,19,20);1H. The van der Waals surface area contributed by atoms with Crippen LogP contribution in [0.25, 0.3) is 0 Å². The van der Waals surface area contributed by atoms with E-state index in [1.54, 1.807) is 7.11 Å². The monoisotopic (exact) mass is 431 g/mol. The van der Waals surface area contributed by atoms with E-state index < -0.39 is 0 Å². The number of halogens is 1. The molecule has 0 spiro atoms. The van der Waals surface area contributed by atoms with Gasteiger partial charge in [0.05, 0.1) is 7.11 Å². The van der Waals surface area contributed by atoms with Crippen LogP contribution in [0.15, 0.2) is 23.2 Å². The van der Waals surface area contributed by atoms with Crippen LogP contribution in [-0.4, -0.2) is 44.7 Å². The predicted molar refractivity (Wildman–Crippen MR) is 108 cm³/mol. The molecular formula is C18H30IN3O. The van der Waals surface area contributed by atoms with Gasteiger partial charge in [-0.05, 0) is 49.3 Å². The third-order valence-corrected chi connectivity index (χ3v) is 4.34. The number of aliphatic imine (C=N–C) groups is 1. The molecular weight excluding hydrogens is 401 g/mol. The number of methoxy groups -OCH3 is 1. The molecule has 1 heterocycles. The zero-order valence-corrected chi connectivity index (χ0v) is 17.1. The number of aryl methyl sites for hydroxylation is 1. The third-order valence-electron chi connectivity index (χ3n) is 4.34. The summed E-state index contributed by atoms with van der Waals surface area (Å²) in [6.45, 7) is 7.50. The fourth-order valence-corrected chi connectivity index (χ4v) is 3.05. The minimum Gasteiger partial charge on any atom is -0.496 e. The Labute approximate surface area is 157 Å². The smallest absolute Gasteiger partial charge is 0.193 e. The van der Waals surface area contributed by atoms with Gasteiger partial charge in [-0.15, -0.1) is 24.0 Å². The van der Waals surface area contributed by atoms with Crippen LogP contribution < -0.4 is 10.1 Å². The summed E-state index contributed by atoms with van der Waals surface area (Å²) in [6.07, 6.45) is 3.56. The molecule has 1 unspecified atom stereocenters. The quantitative estimate of drug-likeness (QED) is 0.451. The van der Waals surface area contributed by atoms with E-state index in [4.69, 9.17) is 4.74 Å². The van der Waals surface area contributed by atoms with Crippen LogP contribution in [0.1, 0.15) is 30.9 Å². The number of piperidine rings is 1. The highest BCUT2D eigenvalue weighted by Crippen LogP contribution is 2.19. The maximum atomic E-state index is 5.39. The van der Waals surface area contributed by atoms with Crippen LogP contribution in [-0.2, 0) is 6.42 Å². The molecule has 1 aliphatic heterocycles. The highest BCUT2D eigenvalue weighted by atomic mass is 127. The summed E-state index contributed by atoms with van der Waals surface area (Å²) in [4.78, 5) is 6.81. The average Bonchev–Trinajstić information content (AvgIpc) is 2.53. The number of ether oxygens (including phenoxy) is 1. The van der Waals surface area contributed by atoms with E-state index in [9.17, 15) is 0 Å². The van der Waals surface area contributed by atoms with Crippen molar-refractivity contribution < 1.29 is 4.74 Å². The second kappa shape index (κ2) is 10.0. The molecule has 0 amide bonds. The molecule has 130 valence electrons. The number of hydrogen-bond donors (Lipinski definition) is 1. The highest BCUT2D eigenvalue weighted by Gasteiger charge is 2.18. The number of guanidine groups is 1. The molecule has 1 aliphatic rings. The van der Waals surface area contributed by atoms with Crippen LogP contribution in [0, 0.1) is 12.8 Å². The summed E-state index contributed by atoms with van der Waals surface area (Å²) in [5, 5.41) is 3.50. The molecule has 0 saturated carbocycles. The topological polar surface area (TPSA) is 36.9 Å². The summed E-state index contributed by atoms with van der Waals surface area (Å²) in [6, 6.07) is 6.42. The molecule has 1 fully saturated rings. The maximum Gasteiger partial charge on any atom is 0.193 e. The molecule has 2 rings (SSSR count). The molecule has 5 heteroatoms. The Balaban J connectivity index is 0.00000264. The first-order chi connectivity index (χ1) is 10.6. The van der Waals surface area contributed by atoms with E-state index in [1.165, 1.54) is 24.0 Å². The summed E-state index contributed by atoms with van der Waals surface area (Å²) in [5.74, 6) is 2.76. The Hall–Kier alpha value is -0.980. The van der Waals surface area contributed by atoms with Gasteiger partial charge in [-0.1, -0.05) is 19.1 Å². The molecule has 0 bridgehead atoms. The highest BCUT2D eigenvalue weighted by molar-refractivity contribution is 14.0. The lowest BCUT2D eigenvalue weighted by Gasteiger charge is -2.33. The van der Waals surface area contributed by atoms with Gasteiger partial charge in [0, 0.05) is 26.7 Å². The number of nitrogens with one attached hydrogen (secondary N) is 1. The maximum absolute atomic E-state index is 5.39. The van der Waals surface area contributed by atoms with Gasteiger partial charge in [0.2, 0.25) is 0 Å². The molecule has 1 aromatic carbocycles. The predicted octanol–water partition coefficient (Wildman–Crippen LogP) is 3.47. The van der Waals surface area contributed by atoms with Crippen molar-refractivity contribution >= 4 is 29.9 Å². The lowest BCUT2D eigenvalue weighted by Crippen LogP contribution is -2.46. The largest absolute Gasteiger partial charge is 0.496 e. The lowest BCUT2D eigenvalue weighted by atomic mass is 10.0. The Kier molecular flexibility index (Phi) is 8.73. The Morgan fingerprint density at radius 1 is 1.43 bits per heavy atom. The first-order valence-corrected chi connectivity index (χ1v) is 8.23. The molecule has 0 radical (unpaired) electrons. The van der Waals surface area contributed by atoms with Crippen molar-refractivity contribution in [3.05, 3.63) is 29.3 Å². The first kappa shape index (κ1) is 20.1. The molecule has 1 N–H and O–H groups in total. The lowest BCUT2D eigenvalue weighted by molar-refractivity contribution is 0.266.